The van der Waals surface area contributed by atoms with Gasteiger partial charge in [0.25, 0.3) is 0 Å². The lowest BCUT2D eigenvalue weighted by Crippen LogP contribution is -2.29. The van der Waals surface area contributed by atoms with E-state index in [0.29, 0.717) is 13.0 Å². The van der Waals surface area contributed by atoms with Crippen molar-refractivity contribution in [2.45, 2.75) is 25.7 Å². The van der Waals surface area contributed by atoms with Crippen molar-refractivity contribution < 1.29 is 14.4 Å². The molecule has 3 amide bonds. The SMILES string of the molecule is CNC(=O)CCNC(=O)CCCC(N)=O. The molecule has 86 valence electrons. The summed E-state index contributed by atoms with van der Waals surface area (Å²) < 4.78 is 0. The fourth-order valence-electron chi connectivity index (χ4n) is 0.952. The van der Waals surface area contributed by atoms with Crippen LogP contribution in [0.1, 0.15) is 25.7 Å². The number of nitrogens with two attached hydrogens (primary N) is 1. The van der Waals surface area contributed by atoms with Gasteiger partial charge in [-0.1, -0.05) is 0 Å². The number of nitrogens with one attached hydrogen (secondary N) is 2. The highest BCUT2D eigenvalue weighted by atomic mass is 16.2. The topological polar surface area (TPSA) is 101 Å². The maximum Gasteiger partial charge on any atom is 0.221 e. The van der Waals surface area contributed by atoms with Gasteiger partial charge in [0, 0.05) is 32.9 Å². The second-order valence-electron chi connectivity index (χ2n) is 3.09. The van der Waals surface area contributed by atoms with E-state index in [2.05, 4.69) is 10.6 Å². The van der Waals surface area contributed by atoms with E-state index >= 15 is 0 Å². The normalized spacial score (nSPS) is 9.40. The van der Waals surface area contributed by atoms with E-state index in [1.165, 1.54) is 7.05 Å². The van der Waals surface area contributed by atoms with Crippen molar-refractivity contribution >= 4 is 17.7 Å². The molecule has 0 aliphatic carbocycles. The summed E-state index contributed by atoms with van der Waals surface area (Å²) in [6.07, 6.45) is 1.18. The summed E-state index contributed by atoms with van der Waals surface area (Å²) in [6.45, 7) is 0.315. The van der Waals surface area contributed by atoms with Gasteiger partial charge in [-0.25, -0.2) is 0 Å². The number of primary amides is 1. The Balaban J connectivity index is 3.41. The van der Waals surface area contributed by atoms with Crippen LogP contribution >= 0.6 is 0 Å². The Morgan fingerprint density at radius 1 is 1.07 bits per heavy atom. The van der Waals surface area contributed by atoms with Crippen molar-refractivity contribution in [3.63, 3.8) is 0 Å². The molecular formula is C9H17N3O3. The first kappa shape index (κ1) is 13.4. The molecule has 15 heavy (non-hydrogen) atoms. The standard InChI is InChI=1S/C9H17N3O3/c1-11-8(14)5-6-12-9(15)4-2-3-7(10)13/h2-6H2,1H3,(H2,10,13)(H,11,14)(H,12,15). The fraction of sp³-hybridized carbons (Fsp3) is 0.667. The fourth-order valence-corrected chi connectivity index (χ4v) is 0.952. The maximum absolute atomic E-state index is 11.1. The van der Waals surface area contributed by atoms with Crippen LogP contribution in [0.4, 0.5) is 0 Å². The van der Waals surface area contributed by atoms with E-state index in [1.54, 1.807) is 0 Å². The van der Waals surface area contributed by atoms with E-state index in [1.807, 2.05) is 0 Å². The minimum atomic E-state index is -0.409. The van der Waals surface area contributed by atoms with Gasteiger partial charge in [-0.15, -0.1) is 0 Å². The van der Waals surface area contributed by atoms with Crippen LogP contribution in [0.25, 0.3) is 0 Å². The maximum atomic E-state index is 11.1. The molecular weight excluding hydrogens is 198 g/mol. The zero-order valence-electron chi connectivity index (χ0n) is 8.84. The Labute approximate surface area is 88.6 Å². The Kier molecular flexibility index (Phi) is 6.96. The predicted octanol–water partition coefficient (Wildman–Crippen LogP) is -1.11. The Hall–Kier alpha value is -1.59. The van der Waals surface area contributed by atoms with Crippen LogP contribution in [0.15, 0.2) is 0 Å². The number of carbonyl (C=O) groups is 3. The van der Waals surface area contributed by atoms with Crippen LogP contribution < -0.4 is 16.4 Å². The molecule has 0 heterocycles. The molecule has 0 fully saturated rings. The number of carbonyl (C=O) groups excluding carboxylic acids is 3. The van der Waals surface area contributed by atoms with Gasteiger partial charge >= 0.3 is 0 Å². The highest BCUT2D eigenvalue weighted by Gasteiger charge is 2.03. The Bertz CT molecular complexity index is 241. The first-order chi connectivity index (χ1) is 7.06. The van der Waals surface area contributed by atoms with Crippen LogP contribution in [-0.4, -0.2) is 31.3 Å². The molecule has 4 N–H and O–H groups in total. The van der Waals surface area contributed by atoms with Crippen LogP contribution in [0.3, 0.4) is 0 Å². The quantitative estimate of drug-likeness (QED) is 0.502. The molecule has 0 aliphatic heterocycles. The van der Waals surface area contributed by atoms with Crippen molar-refractivity contribution in [1.82, 2.24) is 10.6 Å². The summed E-state index contributed by atoms with van der Waals surface area (Å²) in [5.74, 6) is -0.694. The molecule has 0 saturated carbocycles. The van der Waals surface area contributed by atoms with E-state index < -0.39 is 5.91 Å². The molecule has 0 saturated heterocycles. The smallest absolute Gasteiger partial charge is 0.221 e. The van der Waals surface area contributed by atoms with Crippen molar-refractivity contribution in [3.8, 4) is 0 Å². The van der Waals surface area contributed by atoms with E-state index in [-0.39, 0.29) is 31.1 Å². The van der Waals surface area contributed by atoms with Gasteiger partial charge in [-0.05, 0) is 6.42 Å². The molecule has 0 aromatic heterocycles. The Morgan fingerprint density at radius 2 is 1.73 bits per heavy atom. The second kappa shape index (κ2) is 7.78. The number of amides is 3. The molecule has 0 atom stereocenters. The molecule has 0 aromatic rings. The van der Waals surface area contributed by atoms with Gasteiger partial charge in [0.1, 0.15) is 0 Å². The minimum Gasteiger partial charge on any atom is -0.370 e. The van der Waals surface area contributed by atoms with Crippen LogP contribution in [0, 0.1) is 0 Å². The average molecular weight is 215 g/mol. The molecule has 0 rings (SSSR count). The monoisotopic (exact) mass is 215 g/mol. The van der Waals surface area contributed by atoms with Crippen molar-refractivity contribution in [2.24, 2.45) is 5.73 Å². The Morgan fingerprint density at radius 3 is 2.27 bits per heavy atom. The lowest BCUT2D eigenvalue weighted by atomic mass is 10.2. The summed E-state index contributed by atoms with van der Waals surface area (Å²) >= 11 is 0. The van der Waals surface area contributed by atoms with Gasteiger partial charge < -0.3 is 16.4 Å². The third-order valence-corrected chi connectivity index (χ3v) is 1.78. The molecule has 0 bridgehead atoms. The molecule has 0 aliphatic rings. The first-order valence-corrected chi connectivity index (χ1v) is 4.82. The molecule has 6 heteroatoms. The number of hydrogen-bond acceptors (Lipinski definition) is 3. The van der Waals surface area contributed by atoms with Crippen LogP contribution in [-0.2, 0) is 14.4 Å². The van der Waals surface area contributed by atoms with E-state index in [9.17, 15) is 14.4 Å². The number of hydrogen-bond donors (Lipinski definition) is 3. The summed E-state index contributed by atoms with van der Waals surface area (Å²) in [4.78, 5) is 32.2. The van der Waals surface area contributed by atoms with Crippen molar-refractivity contribution in [3.05, 3.63) is 0 Å². The highest BCUT2D eigenvalue weighted by Crippen LogP contribution is 1.93. The van der Waals surface area contributed by atoms with Crippen molar-refractivity contribution in [2.75, 3.05) is 13.6 Å². The molecule has 0 unspecified atom stereocenters. The van der Waals surface area contributed by atoms with Gasteiger partial charge in [-0.3, -0.25) is 14.4 Å². The number of rotatable bonds is 7. The molecule has 0 aromatic carbocycles. The van der Waals surface area contributed by atoms with Crippen LogP contribution in [0.2, 0.25) is 0 Å². The molecule has 6 nitrogen and oxygen atoms in total. The third kappa shape index (κ3) is 8.73. The zero-order valence-corrected chi connectivity index (χ0v) is 8.84. The predicted molar refractivity (Wildman–Crippen MR) is 54.7 cm³/mol. The van der Waals surface area contributed by atoms with Crippen molar-refractivity contribution in [1.29, 1.82) is 0 Å². The van der Waals surface area contributed by atoms with Gasteiger partial charge in [-0.2, -0.15) is 0 Å². The molecule has 0 radical (unpaired) electrons. The molecule has 0 spiro atoms. The lowest BCUT2D eigenvalue weighted by Gasteiger charge is -2.03. The zero-order chi connectivity index (χ0) is 11.7. The second-order valence-corrected chi connectivity index (χ2v) is 3.09. The van der Waals surface area contributed by atoms with E-state index in [4.69, 9.17) is 5.73 Å². The summed E-state index contributed by atoms with van der Waals surface area (Å²) in [5, 5.41) is 5.02. The van der Waals surface area contributed by atoms with Gasteiger partial charge in [0.15, 0.2) is 0 Å². The average Bonchev–Trinajstić information content (AvgIpc) is 2.17. The van der Waals surface area contributed by atoms with Gasteiger partial charge in [0.2, 0.25) is 17.7 Å². The summed E-state index contributed by atoms with van der Waals surface area (Å²) in [5.41, 5.74) is 4.91. The summed E-state index contributed by atoms with van der Waals surface area (Å²) in [6, 6.07) is 0. The highest BCUT2D eigenvalue weighted by molar-refractivity contribution is 5.79. The van der Waals surface area contributed by atoms with E-state index in [0.717, 1.165) is 0 Å². The summed E-state index contributed by atoms with van der Waals surface area (Å²) in [7, 11) is 1.54. The lowest BCUT2D eigenvalue weighted by molar-refractivity contribution is -0.122. The van der Waals surface area contributed by atoms with Crippen LogP contribution in [0.5, 0.6) is 0 Å². The largest absolute Gasteiger partial charge is 0.370 e. The minimum absolute atomic E-state index is 0.118. The van der Waals surface area contributed by atoms with Gasteiger partial charge in [0.05, 0.1) is 0 Å². The first-order valence-electron chi connectivity index (χ1n) is 4.82. The third-order valence-electron chi connectivity index (χ3n) is 1.78.